The Kier molecular flexibility index (Phi) is 4.45. The minimum atomic E-state index is -0.367. The summed E-state index contributed by atoms with van der Waals surface area (Å²) in [6.45, 7) is 1.68. The van der Waals surface area contributed by atoms with E-state index in [1.54, 1.807) is 46.3 Å². The lowest BCUT2D eigenvalue weighted by Crippen LogP contribution is -2.50. The highest BCUT2D eigenvalue weighted by molar-refractivity contribution is 5.93. The highest BCUT2D eigenvalue weighted by Gasteiger charge is 2.27. The Morgan fingerprint density at radius 3 is 2.37 bits per heavy atom. The summed E-state index contributed by atoms with van der Waals surface area (Å²) < 4.78 is 20.0. The zero-order valence-corrected chi connectivity index (χ0v) is 14.4. The molecule has 27 heavy (non-hydrogen) atoms. The maximum Gasteiger partial charge on any atom is 0.289 e. The van der Waals surface area contributed by atoms with Crippen molar-refractivity contribution in [2.75, 3.05) is 26.2 Å². The highest BCUT2D eigenvalue weighted by Crippen LogP contribution is 2.13. The van der Waals surface area contributed by atoms with Crippen molar-refractivity contribution in [3.8, 4) is 5.69 Å². The van der Waals surface area contributed by atoms with Crippen LogP contribution in [0.3, 0.4) is 0 Å². The molecule has 8 heteroatoms. The molecule has 1 aliphatic rings. The lowest BCUT2D eigenvalue weighted by molar-refractivity contribution is 0.0515. The predicted octanol–water partition coefficient (Wildman–Crippen LogP) is 2.20. The zero-order valence-electron chi connectivity index (χ0n) is 14.4. The lowest BCUT2D eigenvalue weighted by atomic mass is 10.2. The summed E-state index contributed by atoms with van der Waals surface area (Å²) in [6.07, 6.45) is 3.08. The van der Waals surface area contributed by atoms with Crippen molar-refractivity contribution in [3.05, 3.63) is 72.2 Å². The van der Waals surface area contributed by atoms with Crippen molar-refractivity contribution in [1.82, 2.24) is 19.6 Å². The van der Waals surface area contributed by atoms with Gasteiger partial charge in [0.2, 0.25) is 0 Å². The maximum atomic E-state index is 13.4. The number of aromatic nitrogens is 2. The third-order valence-corrected chi connectivity index (χ3v) is 4.47. The number of rotatable bonds is 3. The third-order valence-electron chi connectivity index (χ3n) is 4.47. The summed E-state index contributed by atoms with van der Waals surface area (Å²) in [7, 11) is 0. The molecule has 1 fully saturated rings. The second-order valence-corrected chi connectivity index (χ2v) is 6.19. The van der Waals surface area contributed by atoms with Crippen molar-refractivity contribution in [1.29, 1.82) is 0 Å². The van der Waals surface area contributed by atoms with Crippen LogP contribution in [0.25, 0.3) is 5.69 Å². The number of benzene rings is 1. The van der Waals surface area contributed by atoms with E-state index in [-0.39, 0.29) is 23.3 Å². The van der Waals surface area contributed by atoms with Crippen molar-refractivity contribution in [3.63, 3.8) is 0 Å². The van der Waals surface area contributed by atoms with Crippen LogP contribution in [0.1, 0.15) is 21.0 Å². The normalized spacial score (nSPS) is 14.4. The number of hydrogen-bond acceptors (Lipinski definition) is 4. The Balaban J connectivity index is 1.40. The number of halogens is 1. The molecule has 0 N–H and O–H groups in total. The van der Waals surface area contributed by atoms with Gasteiger partial charge in [-0.2, -0.15) is 5.10 Å². The molecule has 2 aromatic heterocycles. The number of furan rings is 1. The first-order chi connectivity index (χ1) is 13.1. The molecule has 4 rings (SSSR count). The molecule has 0 unspecified atom stereocenters. The van der Waals surface area contributed by atoms with Crippen LogP contribution in [-0.4, -0.2) is 57.6 Å². The summed E-state index contributed by atoms with van der Waals surface area (Å²) in [5, 5.41) is 4.25. The van der Waals surface area contributed by atoms with E-state index in [1.165, 1.54) is 23.1 Å². The van der Waals surface area contributed by atoms with Gasteiger partial charge in [0.05, 0.1) is 12.0 Å². The molecule has 2 amide bonds. The van der Waals surface area contributed by atoms with Gasteiger partial charge in [-0.25, -0.2) is 9.07 Å². The SMILES string of the molecule is O=C(c1ccn(-c2cccc(F)c2)n1)N1CCN(C(=O)c2ccco2)CC1. The van der Waals surface area contributed by atoms with Crippen molar-refractivity contribution < 1.29 is 18.4 Å². The van der Waals surface area contributed by atoms with Gasteiger partial charge in [0.1, 0.15) is 5.82 Å². The smallest absolute Gasteiger partial charge is 0.289 e. The average molecular weight is 368 g/mol. The highest BCUT2D eigenvalue weighted by atomic mass is 19.1. The molecule has 0 atom stereocenters. The monoisotopic (exact) mass is 368 g/mol. The second-order valence-electron chi connectivity index (χ2n) is 6.19. The number of nitrogens with zero attached hydrogens (tertiary/aromatic N) is 4. The van der Waals surface area contributed by atoms with Crippen LogP contribution < -0.4 is 0 Å². The van der Waals surface area contributed by atoms with E-state index >= 15 is 0 Å². The molecule has 1 saturated heterocycles. The molecule has 0 saturated carbocycles. The molecule has 3 heterocycles. The molecule has 0 radical (unpaired) electrons. The average Bonchev–Trinajstić information content (AvgIpc) is 3.39. The molecular formula is C19H17FN4O3. The number of amides is 2. The molecule has 0 aliphatic carbocycles. The quantitative estimate of drug-likeness (QED) is 0.711. The largest absolute Gasteiger partial charge is 0.459 e. The van der Waals surface area contributed by atoms with Gasteiger partial charge in [-0.1, -0.05) is 6.07 Å². The molecule has 3 aromatic rings. The topological polar surface area (TPSA) is 71.6 Å². The molecule has 138 valence electrons. The fourth-order valence-corrected chi connectivity index (χ4v) is 3.03. The summed E-state index contributed by atoms with van der Waals surface area (Å²) in [6, 6.07) is 10.9. The Bertz CT molecular complexity index is 959. The third kappa shape index (κ3) is 3.46. The van der Waals surface area contributed by atoms with E-state index < -0.39 is 0 Å². The van der Waals surface area contributed by atoms with Gasteiger partial charge in [-0.15, -0.1) is 0 Å². The second kappa shape index (κ2) is 7.06. The summed E-state index contributed by atoms with van der Waals surface area (Å²) >= 11 is 0. The molecule has 0 bridgehead atoms. The number of carbonyl (C=O) groups is 2. The molecule has 7 nitrogen and oxygen atoms in total. The van der Waals surface area contributed by atoms with Gasteiger partial charge in [0.15, 0.2) is 11.5 Å². The van der Waals surface area contributed by atoms with Crippen LogP contribution in [0.4, 0.5) is 4.39 Å². The van der Waals surface area contributed by atoms with E-state index in [1.807, 2.05) is 0 Å². The fourth-order valence-electron chi connectivity index (χ4n) is 3.03. The van der Waals surface area contributed by atoms with Crippen LogP contribution >= 0.6 is 0 Å². The van der Waals surface area contributed by atoms with E-state index in [9.17, 15) is 14.0 Å². The van der Waals surface area contributed by atoms with Gasteiger partial charge in [-0.3, -0.25) is 9.59 Å². The number of carbonyl (C=O) groups excluding carboxylic acids is 2. The Morgan fingerprint density at radius 1 is 0.963 bits per heavy atom. The summed E-state index contributed by atoms with van der Waals surface area (Å²) in [5.74, 6) is -0.463. The minimum absolute atomic E-state index is 0.178. The van der Waals surface area contributed by atoms with Gasteiger partial charge in [0.25, 0.3) is 11.8 Å². The number of hydrogen-bond donors (Lipinski definition) is 0. The predicted molar refractivity (Wildman–Crippen MR) is 94.0 cm³/mol. The first kappa shape index (κ1) is 17.0. The molecule has 1 aromatic carbocycles. The van der Waals surface area contributed by atoms with Gasteiger partial charge < -0.3 is 14.2 Å². The Hall–Kier alpha value is -3.42. The van der Waals surface area contributed by atoms with Gasteiger partial charge >= 0.3 is 0 Å². The first-order valence-electron chi connectivity index (χ1n) is 8.55. The molecule has 0 spiro atoms. The Morgan fingerprint density at radius 2 is 1.70 bits per heavy atom. The van der Waals surface area contributed by atoms with Crippen LogP contribution in [0, 0.1) is 5.82 Å². The van der Waals surface area contributed by atoms with Crippen molar-refractivity contribution >= 4 is 11.8 Å². The lowest BCUT2D eigenvalue weighted by Gasteiger charge is -2.33. The Labute approximate surface area is 154 Å². The van der Waals surface area contributed by atoms with Crippen LogP contribution in [0.2, 0.25) is 0 Å². The molecule has 1 aliphatic heterocycles. The van der Waals surface area contributed by atoms with Crippen molar-refractivity contribution in [2.45, 2.75) is 0 Å². The summed E-state index contributed by atoms with van der Waals surface area (Å²) in [4.78, 5) is 28.3. The van der Waals surface area contributed by atoms with E-state index in [0.29, 0.717) is 37.6 Å². The van der Waals surface area contributed by atoms with Crippen LogP contribution in [0.5, 0.6) is 0 Å². The fraction of sp³-hybridized carbons (Fsp3) is 0.211. The maximum absolute atomic E-state index is 13.4. The van der Waals surface area contributed by atoms with E-state index in [4.69, 9.17) is 4.42 Å². The standard InChI is InChI=1S/C19H17FN4O3/c20-14-3-1-4-15(13-14)24-7-6-16(21-24)18(25)22-8-10-23(11-9-22)19(26)17-5-2-12-27-17/h1-7,12-13H,8-11H2. The van der Waals surface area contributed by atoms with Gasteiger partial charge in [0, 0.05) is 32.4 Å². The van der Waals surface area contributed by atoms with Crippen LogP contribution in [-0.2, 0) is 0 Å². The van der Waals surface area contributed by atoms with E-state index in [0.717, 1.165) is 0 Å². The summed E-state index contributed by atoms with van der Waals surface area (Å²) in [5.41, 5.74) is 0.827. The first-order valence-corrected chi connectivity index (χ1v) is 8.55. The van der Waals surface area contributed by atoms with Crippen LogP contribution in [0.15, 0.2) is 59.3 Å². The number of piperazine rings is 1. The zero-order chi connectivity index (χ0) is 18.8. The minimum Gasteiger partial charge on any atom is -0.459 e. The van der Waals surface area contributed by atoms with E-state index in [2.05, 4.69) is 5.10 Å². The van der Waals surface area contributed by atoms with Gasteiger partial charge in [-0.05, 0) is 36.4 Å². The van der Waals surface area contributed by atoms with Crippen molar-refractivity contribution in [2.24, 2.45) is 0 Å². The molecular weight excluding hydrogens is 351 g/mol.